The molecule has 0 fully saturated rings. The third kappa shape index (κ3) is 5.32. The third-order valence-corrected chi connectivity index (χ3v) is 5.20. The van der Waals surface area contributed by atoms with E-state index in [2.05, 4.69) is 12.2 Å². The molecule has 0 aliphatic heterocycles. The molecule has 4 rings (SSSR count). The van der Waals surface area contributed by atoms with Crippen LogP contribution in [0.3, 0.4) is 0 Å². The van der Waals surface area contributed by atoms with Gasteiger partial charge in [0.15, 0.2) is 0 Å². The van der Waals surface area contributed by atoms with Crippen LogP contribution < -0.4 is 15.6 Å². The zero-order chi connectivity index (χ0) is 21.6. The Kier molecular flexibility index (Phi) is 6.65. The molecule has 0 spiro atoms. The van der Waals surface area contributed by atoms with Crippen LogP contribution in [0.15, 0.2) is 77.7 Å². The second-order valence-corrected chi connectivity index (χ2v) is 7.78. The number of halogens is 1. The van der Waals surface area contributed by atoms with Gasteiger partial charge in [-0.05, 0) is 61.0 Å². The lowest BCUT2D eigenvalue weighted by Gasteiger charge is -2.10. The van der Waals surface area contributed by atoms with Gasteiger partial charge in [0.1, 0.15) is 12.4 Å². The van der Waals surface area contributed by atoms with Gasteiger partial charge < -0.3 is 10.1 Å². The van der Waals surface area contributed by atoms with Crippen molar-refractivity contribution in [2.75, 3.05) is 6.54 Å². The highest BCUT2D eigenvalue weighted by molar-refractivity contribution is 6.30. The van der Waals surface area contributed by atoms with Crippen molar-refractivity contribution < 1.29 is 4.74 Å². The van der Waals surface area contributed by atoms with Gasteiger partial charge >= 0.3 is 0 Å². The maximum Gasteiger partial charge on any atom is 0.258 e. The van der Waals surface area contributed by atoms with Crippen molar-refractivity contribution in [1.82, 2.24) is 14.9 Å². The molecular formula is C25H24ClN3O2. The van der Waals surface area contributed by atoms with Gasteiger partial charge in [0, 0.05) is 34.9 Å². The van der Waals surface area contributed by atoms with Crippen LogP contribution in [0.5, 0.6) is 5.75 Å². The number of ether oxygens (including phenoxy) is 1. The van der Waals surface area contributed by atoms with Gasteiger partial charge in [0.25, 0.3) is 5.56 Å². The van der Waals surface area contributed by atoms with E-state index < -0.39 is 0 Å². The standard InChI is InChI=1S/C25H24ClN3O2/c1-2-12-27-16-21-8-5-19-14-22(9-10-24(19)28-21)29-13-11-23(15-25(29)30)31-17-18-3-6-20(26)7-4-18/h3-11,13-15,27H,2,12,16-17H2,1H3. The Morgan fingerprint density at radius 3 is 2.65 bits per heavy atom. The van der Waals surface area contributed by atoms with E-state index in [9.17, 15) is 4.79 Å². The van der Waals surface area contributed by atoms with Crippen LogP contribution in [0, 0.1) is 0 Å². The van der Waals surface area contributed by atoms with E-state index in [4.69, 9.17) is 21.3 Å². The molecule has 0 saturated carbocycles. The lowest BCUT2D eigenvalue weighted by atomic mass is 10.1. The summed E-state index contributed by atoms with van der Waals surface area (Å²) in [6.07, 6.45) is 2.83. The Hall–Kier alpha value is -3.15. The van der Waals surface area contributed by atoms with Crippen LogP contribution in [0.1, 0.15) is 24.6 Å². The topological polar surface area (TPSA) is 56.2 Å². The highest BCUT2D eigenvalue weighted by Gasteiger charge is 2.06. The van der Waals surface area contributed by atoms with Crippen LogP contribution in [-0.2, 0) is 13.2 Å². The van der Waals surface area contributed by atoms with Crippen molar-refractivity contribution in [2.45, 2.75) is 26.5 Å². The third-order valence-electron chi connectivity index (χ3n) is 4.95. The van der Waals surface area contributed by atoms with E-state index in [1.54, 1.807) is 16.8 Å². The normalized spacial score (nSPS) is 11.0. The summed E-state index contributed by atoms with van der Waals surface area (Å²) in [6, 6.07) is 20.6. The molecule has 2 heterocycles. The van der Waals surface area contributed by atoms with Gasteiger partial charge in [-0.1, -0.05) is 36.7 Å². The minimum Gasteiger partial charge on any atom is -0.489 e. The summed E-state index contributed by atoms with van der Waals surface area (Å²) < 4.78 is 7.36. The first-order valence-corrected chi connectivity index (χ1v) is 10.7. The van der Waals surface area contributed by atoms with Crippen molar-refractivity contribution in [3.05, 3.63) is 99.6 Å². The number of rotatable bonds is 8. The van der Waals surface area contributed by atoms with E-state index in [0.717, 1.165) is 47.4 Å². The fraction of sp³-hybridized carbons (Fsp3) is 0.200. The summed E-state index contributed by atoms with van der Waals surface area (Å²) >= 11 is 5.90. The number of nitrogens with zero attached hydrogens (tertiary/aromatic N) is 2. The Morgan fingerprint density at radius 2 is 1.87 bits per heavy atom. The quantitative estimate of drug-likeness (QED) is 0.392. The highest BCUT2D eigenvalue weighted by atomic mass is 35.5. The van der Waals surface area contributed by atoms with Crippen molar-refractivity contribution in [3.63, 3.8) is 0 Å². The van der Waals surface area contributed by atoms with Crippen molar-refractivity contribution in [1.29, 1.82) is 0 Å². The second-order valence-electron chi connectivity index (χ2n) is 7.34. The van der Waals surface area contributed by atoms with Gasteiger partial charge in [-0.15, -0.1) is 0 Å². The van der Waals surface area contributed by atoms with Gasteiger partial charge in [0.2, 0.25) is 0 Å². The fourth-order valence-corrected chi connectivity index (χ4v) is 3.43. The van der Waals surface area contributed by atoms with Gasteiger partial charge in [-0.3, -0.25) is 14.3 Å². The summed E-state index contributed by atoms with van der Waals surface area (Å²) in [6.45, 7) is 4.24. The summed E-state index contributed by atoms with van der Waals surface area (Å²) in [7, 11) is 0. The maximum atomic E-state index is 12.7. The van der Waals surface area contributed by atoms with Crippen LogP contribution in [0.25, 0.3) is 16.6 Å². The molecule has 1 N–H and O–H groups in total. The molecule has 2 aromatic carbocycles. The van der Waals surface area contributed by atoms with Gasteiger partial charge in [-0.2, -0.15) is 0 Å². The van der Waals surface area contributed by atoms with Crippen LogP contribution in [0.2, 0.25) is 5.02 Å². The van der Waals surface area contributed by atoms with E-state index >= 15 is 0 Å². The van der Waals surface area contributed by atoms with E-state index in [1.165, 1.54) is 6.07 Å². The van der Waals surface area contributed by atoms with E-state index in [0.29, 0.717) is 17.4 Å². The van der Waals surface area contributed by atoms with E-state index in [-0.39, 0.29) is 5.56 Å². The molecule has 5 nitrogen and oxygen atoms in total. The Labute approximate surface area is 186 Å². The molecule has 0 bridgehead atoms. The number of pyridine rings is 2. The summed E-state index contributed by atoms with van der Waals surface area (Å²) in [5.41, 5.74) is 3.55. The van der Waals surface area contributed by atoms with Crippen molar-refractivity contribution in [2.24, 2.45) is 0 Å². The monoisotopic (exact) mass is 433 g/mol. The molecule has 0 radical (unpaired) electrons. The minimum atomic E-state index is -0.152. The molecule has 0 amide bonds. The maximum absolute atomic E-state index is 12.7. The fourth-order valence-electron chi connectivity index (χ4n) is 3.31. The largest absolute Gasteiger partial charge is 0.489 e. The van der Waals surface area contributed by atoms with Crippen molar-refractivity contribution in [3.8, 4) is 11.4 Å². The van der Waals surface area contributed by atoms with Crippen LogP contribution in [0.4, 0.5) is 0 Å². The van der Waals surface area contributed by atoms with Crippen LogP contribution in [-0.4, -0.2) is 16.1 Å². The highest BCUT2D eigenvalue weighted by Crippen LogP contribution is 2.18. The number of hydrogen-bond donors (Lipinski definition) is 1. The molecule has 0 aliphatic carbocycles. The van der Waals surface area contributed by atoms with Gasteiger partial charge in [0.05, 0.1) is 11.2 Å². The summed E-state index contributed by atoms with van der Waals surface area (Å²) in [5, 5.41) is 5.04. The molecular weight excluding hydrogens is 410 g/mol. The number of hydrogen-bond acceptors (Lipinski definition) is 4. The van der Waals surface area contributed by atoms with E-state index in [1.807, 2.05) is 54.6 Å². The number of fused-ring (bicyclic) bond motifs is 1. The number of nitrogens with one attached hydrogen (secondary N) is 1. The molecule has 2 aromatic heterocycles. The average Bonchev–Trinajstić information content (AvgIpc) is 2.79. The molecule has 0 saturated heterocycles. The molecule has 0 aliphatic rings. The molecule has 0 atom stereocenters. The zero-order valence-electron chi connectivity index (χ0n) is 17.3. The van der Waals surface area contributed by atoms with Crippen LogP contribution >= 0.6 is 11.6 Å². The first-order chi connectivity index (χ1) is 15.1. The lowest BCUT2D eigenvalue weighted by molar-refractivity contribution is 0.305. The molecule has 6 heteroatoms. The minimum absolute atomic E-state index is 0.152. The summed E-state index contributed by atoms with van der Waals surface area (Å²) in [5.74, 6) is 0.530. The van der Waals surface area contributed by atoms with Crippen molar-refractivity contribution >= 4 is 22.5 Å². The van der Waals surface area contributed by atoms with Gasteiger partial charge in [-0.25, -0.2) is 0 Å². The first kappa shape index (κ1) is 21.1. The Balaban J connectivity index is 1.49. The number of aromatic nitrogens is 2. The Morgan fingerprint density at radius 1 is 1.03 bits per heavy atom. The number of benzene rings is 2. The second kappa shape index (κ2) is 9.77. The Bertz CT molecular complexity index is 1240. The SMILES string of the molecule is CCCNCc1ccc2cc(-n3ccc(OCc4ccc(Cl)cc4)cc3=O)ccc2n1. The molecule has 0 unspecified atom stereocenters. The zero-order valence-corrected chi connectivity index (χ0v) is 18.1. The average molecular weight is 434 g/mol. The predicted octanol–water partition coefficient (Wildman–Crippen LogP) is 5.12. The smallest absolute Gasteiger partial charge is 0.258 e. The molecule has 31 heavy (non-hydrogen) atoms. The molecule has 4 aromatic rings. The predicted molar refractivity (Wildman–Crippen MR) is 125 cm³/mol. The molecule has 158 valence electrons. The first-order valence-electron chi connectivity index (χ1n) is 10.3. The summed E-state index contributed by atoms with van der Waals surface area (Å²) in [4.78, 5) is 17.4. The lowest BCUT2D eigenvalue weighted by Crippen LogP contribution is -2.17.